The fraction of sp³-hybridized carbons (Fsp3) is 1.00. The highest BCUT2D eigenvalue weighted by Gasteiger charge is 2.05. The van der Waals surface area contributed by atoms with Crippen LogP contribution in [0.15, 0.2) is 0 Å². The molecule has 0 aromatic carbocycles. The highest BCUT2D eigenvalue weighted by molar-refractivity contribution is 4.61. The van der Waals surface area contributed by atoms with Crippen LogP contribution in [0, 0.1) is 0 Å². The predicted molar refractivity (Wildman–Crippen MR) is 353 cm³/mol. The van der Waals surface area contributed by atoms with Crippen molar-refractivity contribution in [3.8, 4) is 0 Å². The predicted octanol–water partition coefficient (Wildman–Crippen LogP) is 26.9. The van der Waals surface area contributed by atoms with E-state index in [2.05, 4.69) is 51.5 Å². The highest BCUT2D eigenvalue weighted by atomic mass is 15.1. The molecule has 76 heavy (non-hydrogen) atoms. The molecule has 2 heteroatoms. The summed E-state index contributed by atoms with van der Waals surface area (Å²) < 4.78 is 0. The van der Waals surface area contributed by atoms with E-state index in [1.807, 2.05) is 0 Å². The molecule has 0 amide bonds. The van der Waals surface area contributed by atoms with Crippen molar-refractivity contribution in [2.45, 2.75) is 439 Å². The monoisotopic (exact) mass is 1070 g/mol. The average Bonchev–Trinajstić information content (AvgIpc) is 3.42. The van der Waals surface area contributed by atoms with Crippen LogP contribution in [0.1, 0.15) is 439 Å². The molecule has 0 spiro atoms. The average molecular weight is 1070 g/mol. The summed E-state index contributed by atoms with van der Waals surface area (Å²) in [4.78, 5) is 5.36. The molecule has 0 heterocycles. The first kappa shape index (κ1) is 78.0. The highest BCUT2D eigenvalue weighted by Crippen LogP contribution is 2.19. The first-order chi connectivity index (χ1) is 37.7. The third-order valence-electron chi connectivity index (χ3n) is 17.5. The second kappa shape index (κ2) is 74.9. The summed E-state index contributed by atoms with van der Waals surface area (Å²) >= 11 is 0. The van der Waals surface area contributed by atoms with Gasteiger partial charge in [0.2, 0.25) is 0 Å². The molecule has 0 saturated carbocycles. The zero-order chi connectivity index (χ0) is 55.2. The minimum absolute atomic E-state index is 1.32. The van der Waals surface area contributed by atoms with E-state index in [0.29, 0.717) is 0 Å². The molecule has 0 rings (SSSR count). The minimum Gasteiger partial charge on any atom is -0.306 e. The third kappa shape index (κ3) is 73.9. The third-order valence-corrected chi connectivity index (χ3v) is 17.5. The number of hydrogen-bond donors (Lipinski definition) is 0. The number of hydrogen-bond acceptors (Lipinski definition) is 2. The Kier molecular flexibility index (Phi) is 76.9. The molecule has 0 aromatic rings. The minimum atomic E-state index is 1.32. The molecular weight excluding hydrogens is 917 g/mol. The fourth-order valence-corrected chi connectivity index (χ4v) is 12.0. The van der Waals surface area contributed by atoms with Gasteiger partial charge in [0.15, 0.2) is 0 Å². The standard InChI is InChI=1S/C39H81N.C35H73N/c1-4-7-9-11-13-15-17-19-21-23-25-27-29-31-33-35-38-40(37-6-3)39-36-34-32-30-28-26-24-22-20-18-16-14-12-10-8-5-2;1-4-6-8-10-12-14-16-18-20-22-24-26-28-30-32-34-36(3)35-33-31-29-27-25-23-21-19-17-15-13-11-9-7-5-2/h4-39H2,1-3H3;4-35H2,1-3H3. The Morgan fingerprint density at radius 2 is 0.263 bits per heavy atom. The summed E-state index contributed by atoms with van der Waals surface area (Å²) in [6.07, 6.45) is 92.1. The van der Waals surface area contributed by atoms with Crippen molar-refractivity contribution < 1.29 is 0 Å². The lowest BCUT2D eigenvalue weighted by atomic mass is 10.0. The molecule has 0 atom stereocenters. The summed E-state index contributed by atoms with van der Waals surface area (Å²) in [6, 6.07) is 0. The van der Waals surface area contributed by atoms with Crippen LogP contribution in [0.4, 0.5) is 0 Å². The van der Waals surface area contributed by atoms with Crippen molar-refractivity contribution in [1.29, 1.82) is 0 Å². The van der Waals surface area contributed by atoms with E-state index in [4.69, 9.17) is 0 Å². The van der Waals surface area contributed by atoms with Crippen molar-refractivity contribution >= 4 is 0 Å². The molecule has 460 valence electrons. The number of unbranched alkanes of at least 4 members (excludes halogenated alkanes) is 58. The summed E-state index contributed by atoms with van der Waals surface area (Å²) in [7, 11) is 2.34. The van der Waals surface area contributed by atoms with Crippen LogP contribution < -0.4 is 0 Å². The van der Waals surface area contributed by atoms with Gasteiger partial charge in [-0.15, -0.1) is 0 Å². The maximum absolute atomic E-state index is 2.77. The van der Waals surface area contributed by atoms with Gasteiger partial charge in [-0.25, -0.2) is 0 Å². The second-order valence-electron chi connectivity index (χ2n) is 25.7. The molecule has 0 unspecified atom stereocenters. The largest absolute Gasteiger partial charge is 0.306 e. The molecular formula is C74H154N2. The van der Waals surface area contributed by atoms with Gasteiger partial charge in [-0.05, 0) is 71.9 Å². The lowest BCUT2D eigenvalue weighted by Crippen LogP contribution is -2.27. The van der Waals surface area contributed by atoms with Gasteiger partial charge in [0.25, 0.3) is 0 Å². The van der Waals surface area contributed by atoms with Crippen LogP contribution in [-0.2, 0) is 0 Å². The van der Waals surface area contributed by atoms with E-state index >= 15 is 0 Å². The van der Waals surface area contributed by atoms with Gasteiger partial charge in [-0.2, -0.15) is 0 Å². The van der Waals surface area contributed by atoms with Crippen molar-refractivity contribution in [1.82, 2.24) is 9.80 Å². The normalized spacial score (nSPS) is 11.7. The van der Waals surface area contributed by atoms with Crippen LogP contribution in [0.2, 0.25) is 0 Å². The van der Waals surface area contributed by atoms with Gasteiger partial charge in [0, 0.05) is 0 Å². The van der Waals surface area contributed by atoms with E-state index in [-0.39, 0.29) is 0 Å². The van der Waals surface area contributed by atoms with Gasteiger partial charge in [0.05, 0.1) is 0 Å². The Labute approximate surface area is 486 Å². The molecule has 0 fully saturated rings. The molecule has 0 bridgehead atoms. The van der Waals surface area contributed by atoms with Crippen molar-refractivity contribution in [3.05, 3.63) is 0 Å². The topological polar surface area (TPSA) is 6.48 Å². The first-order valence-electron chi connectivity index (χ1n) is 37.1. The van der Waals surface area contributed by atoms with Gasteiger partial charge in [0.1, 0.15) is 0 Å². The molecule has 0 aliphatic rings. The van der Waals surface area contributed by atoms with Crippen molar-refractivity contribution in [2.75, 3.05) is 39.8 Å². The summed E-state index contributed by atoms with van der Waals surface area (Å²) in [5.41, 5.74) is 0. The first-order valence-corrected chi connectivity index (χ1v) is 37.1. The summed E-state index contributed by atoms with van der Waals surface area (Å²) in [5, 5.41) is 0. The van der Waals surface area contributed by atoms with Crippen molar-refractivity contribution in [2.24, 2.45) is 0 Å². The van der Waals surface area contributed by atoms with Gasteiger partial charge >= 0.3 is 0 Å². The quantitative estimate of drug-likeness (QED) is 0.0560. The molecule has 0 saturated heterocycles. The molecule has 0 aliphatic carbocycles. The molecule has 0 aliphatic heterocycles. The maximum atomic E-state index is 2.77. The molecule has 0 N–H and O–H groups in total. The fourth-order valence-electron chi connectivity index (χ4n) is 12.0. The Balaban J connectivity index is 0. The van der Waals surface area contributed by atoms with Crippen LogP contribution in [-0.4, -0.2) is 49.6 Å². The van der Waals surface area contributed by atoms with E-state index in [9.17, 15) is 0 Å². The maximum Gasteiger partial charge on any atom is -0.00187 e. The van der Waals surface area contributed by atoms with Gasteiger partial charge in [-0.3, -0.25) is 0 Å². The van der Waals surface area contributed by atoms with Crippen LogP contribution in [0.5, 0.6) is 0 Å². The summed E-state index contributed by atoms with van der Waals surface area (Å²) in [6.45, 7) is 18.2. The summed E-state index contributed by atoms with van der Waals surface area (Å²) in [5.74, 6) is 0. The SMILES string of the molecule is CCCCCCCCCCCCCCCCCCN(CCC)CCCCCCCCCCCCCCCCCC.CCCCCCCCCCCCCCCCCN(C)CCCCCCCCCCCCCCCCC. The smallest absolute Gasteiger partial charge is 0.00187 e. The Morgan fingerprint density at radius 3 is 0.408 bits per heavy atom. The lowest BCUT2D eigenvalue weighted by molar-refractivity contribution is 0.260. The molecule has 2 nitrogen and oxygen atoms in total. The Hall–Kier alpha value is -0.0800. The Morgan fingerprint density at radius 1 is 0.132 bits per heavy atom. The van der Waals surface area contributed by atoms with E-state index in [0.717, 1.165) is 0 Å². The van der Waals surface area contributed by atoms with Crippen molar-refractivity contribution in [3.63, 3.8) is 0 Å². The van der Waals surface area contributed by atoms with E-state index < -0.39 is 0 Å². The molecule has 0 radical (unpaired) electrons. The van der Waals surface area contributed by atoms with Gasteiger partial charge in [-0.1, -0.05) is 407 Å². The zero-order valence-corrected chi connectivity index (χ0v) is 55.0. The van der Waals surface area contributed by atoms with Gasteiger partial charge < -0.3 is 9.80 Å². The lowest BCUT2D eigenvalue weighted by Gasteiger charge is -2.21. The number of rotatable bonds is 68. The molecule has 0 aromatic heterocycles. The van der Waals surface area contributed by atoms with Crippen LogP contribution >= 0.6 is 0 Å². The van der Waals surface area contributed by atoms with E-state index in [1.165, 1.54) is 437 Å². The van der Waals surface area contributed by atoms with Crippen LogP contribution in [0.25, 0.3) is 0 Å². The zero-order valence-electron chi connectivity index (χ0n) is 55.0. The van der Waals surface area contributed by atoms with Crippen LogP contribution in [0.3, 0.4) is 0 Å². The second-order valence-corrected chi connectivity index (χ2v) is 25.7. The van der Waals surface area contributed by atoms with E-state index in [1.54, 1.807) is 0 Å². The Bertz CT molecular complexity index is 862. The number of nitrogens with zero attached hydrogens (tertiary/aromatic N) is 2.